The van der Waals surface area contributed by atoms with Crippen LogP contribution in [0.3, 0.4) is 0 Å². The molecular formula is C57H69N3O12. The minimum absolute atomic E-state index is 0.0241. The van der Waals surface area contributed by atoms with E-state index in [9.17, 15) is 19.5 Å². The molecule has 384 valence electrons. The molecule has 1 aliphatic carbocycles. The van der Waals surface area contributed by atoms with Crippen molar-refractivity contribution in [1.29, 1.82) is 0 Å². The summed E-state index contributed by atoms with van der Waals surface area (Å²) in [5.41, 5.74) is 5.80. The number of fused-ring (bicyclic) bond motifs is 3. The van der Waals surface area contributed by atoms with Gasteiger partial charge in [-0.15, -0.1) is 0 Å². The summed E-state index contributed by atoms with van der Waals surface area (Å²) in [6.45, 7) is 4.20. The molecule has 0 atom stereocenters. The molecule has 0 radical (unpaired) electrons. The van der Waals surface area contributed by atoms with E-state index in [2.05, 4.69) is 34.9 Å². The maximum absolute atomic E-state index is 13.2. The van der Waals surface area contributed by atoms with Crippen molar-refractivity contribution < 1.29 is 57.4 Å². The minimum atomic E-state index is -1.04. The number of likely N-dealkylation sites (tertiary alicyclic amines) is 1. The van der Waals surface area contributed by atoms with Crippen LogP contribution in [0.25, 0.3) is 11.1 Å². The van der Waals surface area contributed by atoms with Gasteiger partial charge >= 0.3 is 6.09 Å². The zero-order valence-electron chi connectivity index (χ0n) is 41.5. The van der Waals surface area contributed by atoms with Crippen molar-refractivity contribution in [1.82, 2.24) is 15.5 Å². The van der Waals surface area contributed by atoms with Gasteiger partial charge in [-0.25, -0.2) is 4.79 Å². The summed E-state index contributed by atoms with van der Waals surface area (Å²) >= 11 is 0. The van der Waals surface area contributed by atoms with Crippen molar-refractivity contribution in [3.63, 3.8) is 0 Å². The highest BCUT2D eigenvalue weighted by atomic mass is 16.6. The first-order chi connectivity index (χ1) is 35.3. The highest BCUT2D eigenvalue weighted by molar-refractivity contribution is 5.80. The fourth-order valence-corrected chi connectivity index (χ4v) is 9.25. The number of piperidine rings is 1. The molecule has 0 spiro atoms. The Balaban J connectivity index is 0.709. The van der Waals surface area contributed by atoms with Gasteiger partial charge in [-0.1, -0.05) is 103 Å². The average molecular weight is 988 g/mol. The lowest BCUT2D eigenvalue weighted by Gasteiger charge is -2.44. The highest BCUT2D eigenvalue weighted by Crippen LogP contribution is 2.46. The van der Waals surface area contributed by atoms with Gasteiger partial charge in [0.1, 0.15) is 36.9 Å². The first-order valence-corrected chi connectivity index (χ1v) is 24.8. The largest absolute Gasteiger partial charge is 0.497 e. The van der Waals surface area contributed by atoms with Crippen LogP contribution in [0, 0.1) is 5.41 Å². The Morgan fingerprint density at radius 2 is 1.11 bits per heavy atom. The highest BCUT2D eigenvalue weighted by Gasteiger charge is 2.43. The fraction of sp³-hybridized carbons (Fsp3) is 0.421. The Bertz CT molecular complexity index is 2350. The van der Waals surface area contributed by atoms with Gasteiger partial charge in [0.15, 0.2) is 0 Å². The number of methoxy groups -OCH3 is 2. The molecule has 0 saturated carbocycles. The Morgan fingerprint density at radius 3 is 1.65 bits per heavy atom. The van der Waals surface area contributed by atoms with Crippen molar-refractivity contribution in [2.45, 2.75) is 37.2 Å². The number of aliphatic hydroxyl groups excluding tert-OH is 1. The maximum atomic E-state index is 13.2. The number of hydrogen-bond donors (Lipinski definition) is 3. The monoisotopic (exact) mass is 987 g/mol. The molecule has 3 N–H and O–H groups in total. The molecule has 1 saturated heterocycles. The molecule has 15 nitrogen and oxygen atoms in total. The zero-order chi connectivity index (χ0) is 50.4. The number of ether oxygens (including phenoxy) is 8. The van der Waals surface area contributed by atoms with Crippen molar-refractivity contribution in [2.75, 3.05) is 113 Å². The van der Waals surface area contributed by atoms with E-state index in [4.69, 9.17) is 37.9 Å². The van der Waals surface area contributed by atoms with Crippen LogP contribution in [-0.2, 0) is 43.6 Å². The van der Waals surface area contributed by atoms with Crippen LogP contribution in [0.15, 0.2) is 127 Å². The van der Waals surface area contributed by atoms with E-state index in [-0.39, 0.29) is 50.8 Å². The third kappa shape index (κ3) is 14.2. The number of benzene rings is 5. The number of nitrogens with one attached hydrogen (secondary N) is 2. The first kappa shape index (κ1) is 53.5. The van der Waals surface area contributed by atoms with Crippen LogP contribution in [0.1, 0.15) is 59.4 Å². The van der Waals surface area contributed by atoms with Gasteiger partial charge in [-0.05, 0) is 88.9 Å². The number of nitrogens with zero attached hydrogens (tertiary/aromatic N) is 1. The van der Waals surface area contributed by atoms with Gasteiger partial charge in [0.05, 0.1) is 53.9 Å². The number of carbonyl (C=O) groups excluding carboxylic acids is 3. The van der Waals surface area contributed by atoms with Gasteiger partial charge in [-0.3, -0.25) is 9.59 Å². The summed E-state index contributed by atoms with van der Waals surface area (Å²) in [5.74, 6) is 0.935. The number of carbonyl (C=O) groups is 3. The van der Waals surface area contributed by atoms with E-state index in [1.807, 2.05) is 103 Å². The van der Waals surface area contributed by atoms with Gasteiger partial charge < -0.3 is 58.5 Å². The summed E-state index contributed by atoms with van der Waals surface area (Å²) in [6.07, 6.45) is 1.85. The normalized spacial score (nSPS) is 14.0. The lowest BCUT2D eigenvalue weighted by atomic mass is 9.77. The molecule has 5 aromatic rings. The van der Waals surface area contributed by atoms with Crippen molar-refractivity contribution in [3.8, 4) is 22.6 Å². The summed E-state index contributed by atoms with van der Waals surface area (Å²) in [7, 11) is 3.26. The lowest BCUT2D eigenvalue weighted by molar-refractivity contribution is -0.143. The molecule has 5 aromatic carbocycles. The summed E-state index contributed by atoms with van der Waals surface area (Å²) in [6, 6.07) is 42.1. The second-order valence-corrected chi connectivity index (χ2v) is 18.0. The molecule has 7 rings (SSSR count). The molecule has 72 heavy (non-hydrogen) atoms. The minimum Gasteiger partial charge on any atom is -0.497 e. The van der Waals surface area contributed by atoms with Crippen molar-refractivity contribution in [2.24, 2.45) is 5.41 Å². The van der Waals surface area contributed by atoms with Gasteiger partial charge in [0.2, 0.25) is 11.8 Å². The predicted octanol–water partition coefficient (Wildman–Crippen LogP) is 7.11. The quantitative estimate of drug-likeness (QED) is 0.0328. The van der Waals surface area contributed by atoms with Crippen LogP contribution >= 0.6 is 0 Å². The Labute approximate surface area is 423 Å². The smallest absolute Gasteiger partial charge is 0.407 e. The standard InChI is InChI=1S/C57H69N3O12/c1-65-46-22-18-44(19-23-46)57(43-12-4-3-5-13-43,45-20-24-47(66-2)25-21-45)72-42-56(41-61)26-30-60(31-27-56)54(63)40-70-39-53(62)58-28-10-32-67-34-36-69-37-35-68-33-11-29-59-55(64)71-38-52-50-16-8-6-14-48(50)49-15-7-9-17-51(49)52/h3-9,12-25,52,61H,10-11,26-42H2,1-2H3,(H,58,62)(H,59,64). The van der Waals surface area contributed by atoms with E-state index in [0.717, 1.165) is 28.2 Å². The van der Waals surface area contributed by atoms with Crippen molar-refractivity contribution >= 4 is 17.9 Å². The number of amides is 3. The number of aliphatic hydroxyl groups is 1. The predicted molar refractivity (Wildman–Crippen MR) is 272 cm³/mol. The molecule has 0 aromatic heterocycles. The van der Waals surface area contributed by atoms with Gasteiger partial charge in [0, 0.05) is 50.7 Å². The second-order valence-electron chi connectivity index (χ2n) is 18.0. The van der Waals surface area contributed by atoms with Gasteiger partial charge in [-0.2, -0.15) is 0 Å². The average Bonchev–Trinajstić information content (AvgIpc) is 3.75. The second kappa shape index (κ2) is 27.5. The fourth-order valence-electron chi connectivity index (χ4n) is 9.25. The molecule has 15 heteroatoms. The van der Waals surface area contributed by atoms with Crippen molar-refractivity contribution in [3.05, 3.63) is 155 Å². The molecule has 1 fully saturated rings. The molecule has 1 heterocycles. The lowest BCUT2D eigenvalue weighted by Crippen LogP contribution is -2.49. The Morgan fingerprint density at radius 1 is 0.611 bits per heavy atom. The van der Waals surface area contributed by atoms with Crippen LogP contribution in [-0.4, -0.2) is 141 Å². The molecule has 2 aliphatic rings. The third-order valence-corrected chi connectivity index (χ3v) is 13.3. The summed E-state index contributed by atoms with van der Waals surface area (Å²) in [5, 5.41) is 16.5. The van der Waals surface area contributed by atoms with Crippen LogP contribution in [0.5, 0.6) is 11.5 Å². The van der Waals surface area contributed by atoms with E-state index >= 15 is 0 Å². The number of rotatable bonds is 29. The van der Waals surface area contributed by atoms with E-state index in [1.54, 1.807) is 19.1 Å². The van der Waals surface area contributed by atoms with E-state index in [0.29, 0.717) is 91.5 Å². The topological polar surface area (TPSA) is 173 Å². The zero-order valence-corrected chi connectivity index (χ0v) is 41.5. The molecular weight excluding hydrogens is 919 g/mol. The van der Waals surface area contributed by atoms with Crippen LogP contribution < -0.4 is 20.1 Å². The van der Waals surface area contributed by atoms with E-state index in [1.165, 1.54) is 22.3 Å². The van der Waals surface area contributed by atoms with Crippen LogP contribution in [0.2, 0.25) is 0 Å². The molecule has 0 bridgehead atoms. The van der Waals surface area contributed by atoms with Gasteiger partial charge in [0.25, 0.3) is 0 Å². The number of alkyl carbamates (subject to hydrolysis) is 1. The van der Waals surface area contributed by atoms with E-state index < -0.39 is 17.1 Å². The maximum Gasteiger partial charge on any atom is 0.407 e. The molecule has 0 unspecified atom stereocenters. The third-order valence-electron chi connectivity index (χ3n) is 13.3. The van der Waals surface area contributed by atoms with Crippen LogP contribution in [0.4, 0.5) is 4.79 Å². The Kier molecular flexibility index (Phi) is 20.4. The Hall–Kier alpha value is -6.33. The number of hydrogen-bond acceptors (Lipinski definition) is 12. The molecule has 1 aliphatic heterocycles. The molecule has 3 amide bonds. The first-order valence-electron chi connectivity index (χ1n) is 24.8. The summed E-state index contributed by atoms with van der Waals surface area (Å²) in [4.78, 5) is 39.7. The SMILES string of the molecule is COc1ccc(C(OCC2(CO)CCN(C(=O)COCC(=O)NCCCOCCOCCOCCCNC(=O)OCC3c4ccccc4-c4ccccc43)CC2)(c2ccccc2)c2ccc(OC)cc2)cc1. The summed E-state index contributed by atoms with van der Waals surface area (Å²) < 4.78 is 46.0.